The van der Waals surface area contributed by atoms with Crippen LogP contribution in [-0.2, 0) is 81.0 Å². The predicted molar refractivity (Wildman–Crippen MR) is 495 cm³/mol. The lowest BCUT2D eigenvalue weighted by molar-refractivity contribution is -0.209. The average molecular weight is 1760 g/mol. The molecule has 722 valence electrons. The first-order valence-electron chi connectivity index (χ1n) is 47.6. The first kappa shape index (κ1) is 108. The molecule has 0 aromatic carbocycles. The van der Waals surface area contributed by atoms with Crippen LogP contribution in [0.4, 0.5) is 0 Å². The minimum atomic E-state index is -0.873. The molecule has 2 saturated heterocycles. The zero-order valence-electron chi connectivity index (χ0n) is 72.9. The van der Waals surface area contributed by atoms with Crippen LogP contribution in [-0.4, -0.2) is 109 Å². The molecule has 0 aromatic heterocycles. The van der Waals surface area contributed by atoms with Crippen LogP contribution in [0.3, 0.4) is 0 Å². The first-order valence-corrected chi connectivity index (χ1v) is 47.6. The third kappa shape index (κ3) is 18.2. The molecule has 0 aromatic rings. The van der Waals surface area contributed by atoms with Crippen LogP contribution in [0.2, 0.25) is 0 Å². The molecule has 1 N–H and O–H groups in total. The molecule has 18 heteroatoms. The normalized spacial score (nSPS) is 48.3. The molecule has 20 saturated carbocycles. The Morgan fingerprint density at radius 1 is 0.408 bits per heavy atom. The zero-order chi connectivity index (χ0) is 81.5. The summed E-state index contributed by atoms with van der Waals surface area (Å²) in [6.07, 6.45) is 21.9. The molecule has 0 amide bonds. The van der Waals surface area contributed by atoms with Crippen molar-refractivity contribution in [3.63, 3.8) is 0 Å². The van der Waals surface area contributed by atoms with Gasteiger partial charge in [0, 0.05) is 19.4 Å². The summed E-state index contributed by atoms with van der Waals surface area (Å²) in [5, 5.41) is 9.46. The fourth-order valence-corrected chi connectivity index (χ4v) is 34.3. The molecule has 0 spiro atoms. The summed E-state index contributed by atoms with van der Waals surface area (Å²) in [7, 11) is 0. The Labute approximate surface area is 760 Å². The zero-order valence-corrected chi connectivity index (χ0v) is 72.9. The molecule has 18 nitrogen and oxygen atoms in total. The summed E-state index contributed by atoms with van der Waals surface area (Å²) < 4.78 is 49.5. The number of carbonyl (C=O) groups excluding carboxylic acids is 7. The molecule has 20 aliphatic carbocycles. The Bertz CT molecular complexity index is 3620. The molecule has 125 heavy (non-hydrogen) atoms. The summed E-state index contributed by atoms with van der Waals surface area (Å²) in [5.74, 6) is 22.2. The number of hydrogen-bond donors (Lipinski definition) is 1. The van der Waals surface area contributed by atoms with E-state index >= 15 is 0 Å². The molecule has 22 aliphatic rings. The molecule has 20 bridgehead atoms. The van der Waals surface area contributed by atoms with E-state index < -0.39 is 59.9 Å². The molecule has 2 heterocycles. The standard InChI is InChI=1S/C26H38O2.C20H30O3.C19H30O2.C17H24O6.C15H24O5.10CH4/c1-12-13(2)20-11-19(12)23-16-9-21(24(20)23)22(10-16)25(27)28-26(3)17-5-14-4-15(7-17)8-18(26)6-14;1-10-11(2)14-9-13(10)18-12-7-15(19(14)18)16(8-12)20(21)23-17-5-3-4-6-22-17;1-9-10(2)13-8-12(9)16-11-6-14(17(13)16)15(7-11)18(20)21-19(3,4)5;1-4-21-16(19)13-10-7-11(9(3)8(10)2)14(13)17(20)23-12-5-6-22-15(12)18;1-5-19-9(4)20-15(18)13-11-6-10(7(2)8(11)3)12(13)14(16)17;;;;;;;;;;/h12-24H,4-11H2,1-3H3;10-19H,3-9H2,1-2H3;9-17H,6-8H2,1-5H3;8-14H,4-7H2,1-3H3;7-13H,5-6H2,1-4H3,(H,16,17);10*1H4. The maximum Gasteiger partial charge on any atom is 0.347 e. The van der Waals surface area contributed by atoms with Gasteiger partial charge < -0.3 is 47.7 Å². The molecule has 22 fully saturated rings. The van der Waals surface area contributed by atoms with Crippen molar-refractivity contribution < 1.29 is 86.1 Å². The Hall–Kier alpha value is -4.32. The maximum absolute atomic E-state index is 13.6. The van der Waals surface area contributed by atoms with Crippen molar-refractivity contribution in [2.75, 3.05) is 26.4 Å². The number of fused-ring (bicyclic) bond motifs is 31. The number of ether oxygens (including phenoxy) is 9. The molecule has 42 unspecified atom stereocenters. The lowest BCUT2D eigenvalue weighted by atomic mass is 9.50. The van der Waals surface area contributed by atoms with Crippen LogP contribution in [0.5, 0.6) is 0 Å². The number of carboxylic acid groups (broad SMARTS) is 1. The van der Waals surface area contributed by atoms with Gasteiger partial charge in [0.25, 0.3) is 0 Å². The number of carboxylic acids is 1. The van der Waals surface area contributed by atoms with E-state index in [2.05, 4.69) is 76.2 Å². The minimum Gasteiger partial charge on any atom is -0.481 e. The van der Waals surface area contributed by atoms with Crippen LogP contribution in [0.25, 0.3) is 0 Å². The second kappa shape index (κ2) is 41.0. The highest BCUT2D eigenvalue weighted by molar-refractivity contribution is 5.87. The molecule has 22 rings (SSSR count). The summed E-state index contributed by atoms with van der Waals surface area (Å²) in [6, 6.07) is 0. The topological polar surface area (TPSA) is 240 Å². The van der Waals surface area contributed by atoms with Gasteiger partial charge in [-0.3, -0.25) is 33.6 Å². The highest BCUT2D eigenvalue weighted by Gasteiger charge is 2.72. The highest BCUT2D eigenvalue weighted by atomic mass is 16.7. The van der Waals surface area contributed by atoms with Gasteiger partial charge in [-0.2, -0.15) is 0 Å². The van der Waals surface area contributed by atoms with Gasteiger partial charge in [0.05, 0.1) is 61.2 Å². The van der Waals surface area contributed by atoms with Gasteiger partial charge >= 0.3 is 47.8 Å². The van der Waals surface area contributed by atoms with E-state index in [1.54, 1.807) is 13.8 Å². The van der Waals surface area contributed by atoms with Crippen molar-refractivity contribution >= 4 is 47.8 Å². The van der Waals surface area contributed by atoms with E-state index in [9.17, 15) is 43.5 Å². The van der Waals surface area contributed by atoms with E-state index in [1.807, 2.05) is 27.7 Å². The number of cyclic esters (lactones) is 1. The summed E-state index contributed by atoms with van der Waals surface area (Å²) in [6.45, 7) is 38.7. The van der Waals surface area contributed by atoms with E-state index in [-0.39, 0.29) is 164 Å². The van der Waals surface area contributed by atoms with Gasteiger partial charge in [-0.1, -0.05) is 144 Å². The molecule has 0 radical (unpaired) electrons. The Balaban J connectivity index is 0.000000211. The van der Waals surface area contributed by atoms with Crippen molar-refractivity contribution in [1.29, 1.82) is 0 Å². The van der Waals surface area contributed by atoms with E-state index in [1.165, 1.54) is 70.6 Å². The number of rotatable bonds is 14. The van der Waals surface area contributed by atoms with Gasteiger partial charge in [-0.15, -0.1) is 0 Å². The van der Waals surface area contributed by atoms with Gasteiger partial charge in [-0.25, -0.2) is 4.79 Å². The number of carbonyl (C=O) groups is 8. The second-order valence-electron chi connectivity index (χ2n) is 44.6. The predicted octanol–water partition coefficient (Wildman–Crippen LogP) is 23.6. The van der Waals surface area contributed by atoms with Crippen molar-refractivity contribution in [2.45, 2.75) is 350 Å². The molecule has 2 aliphatic heterocycles. The summed E-state index contributed by atoms with van der Waals surface area (Å²) in [5.41, 5.74) is -0.475. The maximum atomic E-state index is 13.6. The van der Waals surface area contributed by atoms with Crippen molar-refractivity contribution in [3.8, 4) is 0 Å². The number of esters is 7. The second-order valence-corrected chi connectivity index (χ2v) is 44.6. The van der Waals surface area contributed by atoms with Gasteiger partial charge in [0.1, 0.15) is 11.2 Å². The molecule has 42 atom stereocenters. The Kier molecular flexibility index (Phi) is 35.4. The van der Waals surface area contributed by atoms with Crippen molar-refractivity contribution in [3.05, 3.63) is 0 Å². The lowest BCUT2D eigenvalue weighted by Crippen LogP contribution is -2.58. The largest absolute Gasteiger partial charge is 0.481 e. The third-order valence-corrected chi connectivity index (χ3v) is 39.6. The average Bonchev–Trinajstić information content (AvgIpc) is 1.55. The fourth-order valence-electron chi connectivity index (χ4n) is 34.3. The Morgan fingerprint density at radius 3 is 1.16 bits per heavy atom. The van der Waals surface area contributed by atoms with Gasteiger partial charge in [0.15, 0.2) is 6.29 Å². The summed E-state index contributed by atoms with van der Waals surface area (Å²) in [4.78, 5) is 99.3. The molecular weight excluding hydrogens is 1570 g/mol. The number of hydrogen-bond acceptors (Lipinski definition) is 17. The minimum absolute atomic E-state index is 0. The van der Waals surface area contributed by atoms with Crippen LogP contribution < -0.4 is 0 Å². The van der Waals surface area contributed by atoms with Crippen LogP contribution in [0.15, 0.2) is 0 Å². The van der Waals surface area contributed by atoms with Crippen molar-refractivity contribution in [1.82, 2.24) is 0 Å². The quantitative estimate of drug-likeness (QED) is 0.0736. The third-order valence-electron chi connectivity index (χ3n) is 39.6. The lowest BCUT2D eigenvalue weighted by Gasteiger charge is -2.59. The van der Waals surface area contributed by atoms with E-state index in [4.69, 9.17) is 42.6 Å². The van der Waals surface area contributed by atoms with E-state index in [0.717, 1.165) is 194 Å². The monoisotopic (exact) mass is 1760 g/mol. The molecular formula is C107H186O18. The highest BCUT2D eigenvalue weighted by Crippen LogP contribution is 2.75. The number of aliphatic carboxylic acids is 1. The van der Waals surface area contributed by atoms with Crippen LogP contribution in [0, 0.1) is 254 Å². The van der Waals surface area contributed by atoms with Gasteiger partial charge in [0.2, 0.25) is 12.4 Å². The van der Waals surface area contributed by atoms with Crippen LogP contribution in [0.1, 0.15) is 320 Å². The van der Waals surface area contributed by atoms with E-state index in [0.29, 0.717) is 72.9 Å². The fraction of sp³-hybridized carbons (Fsp3) is 0.925. The van der Waals surface area contributed by atoms with Crippen LogP contribution >= 0.6 is 0 Å². The van der Waals surface area contributed by atoms with Crippen molar-refractivity contribution in [2.24, 2.45) is 254 Å². The Morgan fingerprint density at radius 2 is 0.784 bits per heavy atom. The SMILES string of the molecule is C.C.C.C.C.C.C.C.C.C.CC1C(C)C2CC1C1C3CC(C(=O)OC(C)(C)C)C(C3)C21.CC1C(C)C2CC1C1C3CC(C(=O)OC4(C)C5CC6CC(C5)CC4C6)C(C3)C21.CC1C(C)C2CC1C1C3CC(C(=O)OC4CCCCO4)C(C3)C21.CCOC(=O)C1C2CC(C(C)C2C)C1C(=O)OC1CCOC1=O.CCOC(C)OC(=O)C1C2CC(C(C)C2C)C1C(=O)O. The van der Waals surface area contributed by atoms with Gasteiger partial charge in [-0.05, 0) is 377 Å². The smallest absolute Gasteiger partial charge is 0.347 e. The first-order chi connectivity index (χ1) is 54.7. The summed E-state index contributed by atoms with van der Waals surface area (Å²) >= 11 is 0.